The third kappa shape index (κ3) is 5.39. The minimum absolute atomic E-state index is 0.397. The first-order valence-electron chi connectivity index (χ1n) is 9.83. The lowest BCUT2D eigenvalue weighted by atomic mass is 9.97. The Balaban J connectivity index is 1.96. The molecule has 0 fully saturated rings. The lowest BCUT2D eigenvalue weighted by molar-refractivity contribution is 0.399. The van der Waals surface area contributed by atoms with Crippen molar-refractivity contribution in [1.29, 1.82) is 0 Å². The molecule has 6 heteroatoms. The second-order valence-corrected chi connectivity index (χ2v) is 10.0. The van der Waals surface area contributed by atoms with Gasteiger partial charge in [-0.2, -0.15) is 0 Å². The van der Waals surface area contributed by atoms with Crippen LogP contribution in [0.4, 0.5) is 0 Å². The third-order valence-electron chi connectivity index (χ3n) is 4.78. The summed E-state index contributed by atoms with van der Waals surface area (Å²) in [5.41, 5.74) is 3.18. The van der Waals surface area contributed by atoms with Gasteiger partial charge in [0, 0.05) is 16.9 Å². The van der Waals surface area contributed by atoms with Crippen LogP contribution < -0.4 is 14.2 Å². The second kappa shape index (κ2) is 9.60. The van der Waals surface area contributed by atoms with E-state index in [4.69, 9.17) is 13.9 Å². The number of nitrogens with one attached hydrogen (secondary N) is 1. The monoisotopic (exact) mass is 427 g/mol. The predicted octanol–water partition coefficient (Wildman–Crippen LogP) is 5.03. The zero-order valence-corrected chi connectivity index (χ0v) is 18.9. The summed E-state index contributed by atoms with van der Waals surface area (Å²) in [6.45, 7) is 5.81. The first-order chi connectivity index (χ1) is 14.3. The third-order valence-corrected chi connectivity index (χ3v) is 6.34. The lowest BCUT2D eigenvalue weighted by Gasteiger charge is -2.28. The van der Waals surface area contributed by atoms with Crippen molar-refractivity contribution in [2.45, 2.75) is 38.0 Å². The van der Waals surface area contributed by atoms with E-state index in [0.29, 0.717) is 11.5 Å². The Kier molecular flexibility index (Phi) is 7.13. The van der Waals surface area contributed by atoms with E-state index in [2.05, 4.69) is 22.9 Å². The number of furan rings is 1. The van der Waals surface area contributed by atoms with E-state index in [9.17, 15) is 4.55 Å². The summed E-state index contributed by atoms with van der Waals surface area (Å²) < 4.78 is 32.3. The molecule has 30 heavy (non-hydrogen) atoms. The molecule has 0 saturated carbocycles. The second-order valence-electron chi connectivity index (χ2n) is 8.05. The molecule has 0 aliphatic carbocycles. The highest BCUT2D eigenvalue weighted by Gasteiger charge is 2.33. The molecular formula is C24H29NO4S. The van der Waals surface area contributed by atoms with Gasteiger partial charge in [-0.1, -0.05) is 18.2 Å². The summed E-state index contributed by atoms with van der Waals surface area (Å²) in [6, 6.07) is 17.4. The van der Waals surface area contributed by atoms with Gasteiger partial charge in [-0.25, -0.2) is 0 Å². The van der Waals surface area contributed by atoms with Gasteiger partial charge in [0.25, 0.3) is 0 Å². The van der Waals surface area contributed by atoms with E-state index in [1.54, 1.807) is 20.5 Å². The molecule has 2 aromatic carbocycles. The van der Waals surface area contributed by atoms with Crippen LogP contribution in [0, 0.1) is 0 Å². The molecule has 1 heterocycles. The molecule has 3 rings (SSSR count). The van der Waals surface area contributed by atoms with Gasteiger partial charge in [-0.3, -0.25) is 0 Å². The lowest BCUT2D eigenvalue weighted by Crippen LogP contribution is -2.41. The van der Waals surface area contributed by atoms with E-state index >= 15 is 0 Å². The van der Waals surface area contributed by atoms with E-state index in [-0.39, 0.29) is 0 Å². The quantitative estimate of drug-likeness (QED) is 0.511. The van der Waals surface area contributed by atoms with Crippen molar-refractivity contribution < 1.29 is 18.4 Å². The van der Waals surface area contributed by atoms with Crippen molar-refractivity contribution in [1.82, 2.24) is 4.72 Å². The fourth-order valence-electron chi connectivity index (χ4n) is 3.11. The van der Waals surface area contributed by atoms with Crippen LogP contribution >= 0.6 is 0 Å². The van der Waals surface area contributed by atoms with E-state index in [0.717, 1.165) is 23.3 Å². The zero-order valence-electron chi connectivity index (χ0n) is 18.1. The van der Waals surface area contributed by atoms with Gasteiger partial charge < -0.3 is 18.4 Å². The highest BCUT2D eigenvalue weighted by Crippen LogP contribution is 2.34. The Bertz CT molecular complexity index is 933. The molecule has 1 aromatic heterocycles. The molecule has 0 aliphatic rings. The highest BCUT2D eigenvalue weighted by atomic mass is 32.2. The molecule has 2 unspecified atom stereocenters. The number of hydrogen-bond donors (Lipinski definition) is 1. The Morgan fingerprint density at radius 2 is 1.70 bits per heavy atom. The number of hydrogen-bond acceptors (Lipinski definition) is 5. The highest BCUT2D eigenvalue weighted by molar-refractivity contribution is 7.90. The summed E-state index contributed by atoms with van der Waals surface area (Å²) in [5.74, 6) is 2.24. The SMILES string of the molecule is COc1ccc(Cc2ccc(OC)c(C(N[S+]([O-])C(C)(C)C)c3ccco3)c2)cc1. The minimum atomic E-state index is -1.29. The van der Waals surface area contributed by atoms with Gasteiger partial charge in [0.05, 0.1) is 20.5 Å². The summed E-state index contributed by atoms with van der Waals surface area (Å²) in [4.78, 5) is 0. The van der Waals surface area contributed by atoms with Crippen molar-refractivity contribution in [2.75, 3.05) is 14.2 Å². The number of rotatable bonds is 8. The molecule has 0 amide bonds. The molecule has 0 saturated heterocycles. The minimum Gasteiger partial charge on any atom is -0.598 e. The summed E-state index contributed by atoms with van der Waals surface area (Å²) in [7, 11) is 3.30. The van der Waals surface area contributed by atoms with Gasteiger partial charge in [0.1, 0.15) is 28.0 Å². The Morgan fingerprint density at radius 1 is 1.00 bits per heavy atom. The van der Waals surface area contributed by atoms with E-state index in [1.165, 1.54) is 5.56 Å². The standard InChI is InChI=1S/C24H29NO4S/c1-24(2,3)30(26)25-23(22-7-6-14-29-22)20-16-18(10-13-21(20)28-5)15-17-8-11-19(27-4)12-9-17/h6-14,16,23,25H,15H2,1-5H3. The molecule has 0 aliphatic heterocycles. The first-order valence-corrected chi connectivity index (χ1v) is 11.0. The molecule has 0 spiro atoms. The fourth-order valence-corrected chi connectivity index (χ4v) is 3.92. The molecule has 3 aromatic rings. The summed E-state index contributed by atoms with van der Waals surface area (Å²) in [6.07, 6.45) is 2.38. The fraction of sp³-hybridized carbons (Fsp3) is 0.333. The van der Waals surface area contributed by atoms with Crippen LogP contribution in [-0.2, 0) is 17.8 Å². The first kappa shape index (κ1) is 22.3. The molecule has 0 radical (unpaired) electrons. The molecule has 0 bridgehead atoms. The zero-order chi connectivity index (χ0) is 21.7. The number of benzene rings is 2. The number of ether oxygens (including phenoxy) is 2. The smallest absolute Gasteiger partial charge is 0.139 e. The van der Waals surface area contributed by atoms with Crippen LogP contribution in [0.2, 0.25) is 0 Å². The van der Waals surface area contributed by atoms with Crippen LogP contribution in [0.3, 0.4) is 0 Å². The number of methoxy groups -OCH3 is 2. The van der Waals surface area contributed by atoms with Crippen molar-refractivity contribution >= 4 is 11.4 Å². The molecule has 5 nitrogen and oxygen atoms in total. The van der Waals surface area contributed by atoms with Crippen molar-refractivity contribution in [3.63, 3.8) is 0 Å². The van der Waals surface area contributed by atoms with Crippen molar-refractivity contribution in [3.05, 3.63) is 83.3 Å². The normalized spacial score (nSPS) is 13.7. The maximum Gasteiger partial charge on any atom is 0.139 e. The van der Waals surface area contributed by atoms with E-state index in [1.807, 2.05) is 57.2 Å². The molecular weight excluding hydrogens is 398 g/mol. The van der Waals surface area contributed by atoms with Crippen LogP contribution in [0.1, 0.15) is 49.3 Å². The van der Waals surface area contributed by atoms with Crippen molar-refractivity contribution in [3.8, 4) is 11.5 Å². The average Bonchev–Trinajstić information content (AvgIpc) is 3.26. The Hall–Kier alpha value is -2.41. The maximum absolute atomic E-state index is 12.9. The van der Waals surface area contributed by atoms with E-state index < -0.39 is 22.2 Å². The van der Waals surface area contributed by atoms with Crippen LogP contribution in [0.25, 0.3) is 0 Å². The van der Waals surface area contributed by atoms with Crippen LogP contribution in [-0.4, -0.2) is 23.5 Å². The van der Waals surface area contributed by atoms with Gasteiger partial charge in [0.15, 0.2) is 0 Å². The van der Waals surface area contributed by atoms with Gasteiger partial charge in [-0.15, -0.1) is 4.72 Å². The van der Waals surface area contributed by atoms with Gasteiger partial charge >= 0.3 is 0 Å². The van der Waals surface area contributed by atoms with Crippen molar-refractivity contribution in [2.24, 2.45) is 0 Å². The maximum atomic E-state index is 12.9. The Labute approximate surface area is 181 Å². The van der Waals surface area contributed by atoms with Crippen LogP contribution in [0.5, 0.6) is 11.5 Å². The summed E-state index contributed by atoms with van der Waals surface area (Å²) >= 11 is -1.29. The van der Waals surface area contributed by atoms with Gasteiger partial charge in [-0.05, 0) is 74.7 Å². The average molecular weight is 428 g/mol. The molecule has 2 atom stereocenters. The van der Waals surface area contributed by atoms with Crippen LogP contribution in [0.15, 0.2) is 65.3 Å². The summed E-state index contributed by atoms with van der Waals surface area (Å²) in [5, 5.41) is 0. The Morgan fingerprint density at radius 3 is 2.27 bits per heavy atom. The molecule has 160 valence electrons. The largest absolute Gasteiger partial charge is 0.598 e. The topological polar surface area (TPSA) is 66.7 Å². The molecule has 1 N–H and O–H groups in total. The predicted molar refractivity (Wildman–Crippen MR) is 120 cm³/mol. The van der Waals surface area contributed by atoms with Gasteiger partial charge in [0.2, 0.25) is 0 Å².